The van der Waals surface area contributed by atoms with Crippen LogP contribution in [0.1, 0.15) is 62.2 Å². The van der Waals surface area contributed by atoms with E-state index in [0.29, 0.717) is 12.8 Å². The van der Waals surface area contributed by atoms with E-state index in [2.05, 4.69) is 11.7 Å². The molecule has 0 aliphatic heterocycles. The van der Waals surface area contributed by atoms with E-state index in [1.807, 2.05) is 0 Å². The molecule has 1 aromatic carbocycles. The van der Waals surface area contributed by atoms with Crippen LogP contribution in [0.4, 0.5) is 13.2 Å². The summed E-state index contributed by atoms with van der Waals surface area (Å²) < 4.78 is 43.5. The molecule has 0 heterocycles. The average molecular weight is 332 g/mol. The number of aromatic hydroxyl groups is 1. The summed E-state index contributed by atoms with van der Waals surface area (Å²) in [6.07, 6.45) is -1.94. The van der Waals surface area contributed by atoms with Crippen LogP contribution in [0.15, 0.2) is 24.3 Å². The zero-order valence-electron chi connectivity index (χ0n) is 13.2. The molecule has 130 valence electrons. The van der Waals surface area contributed by atoms with Crippen molar-refractivity contribution in [1.29, 1.82) is 0 Å². The van der Waals surface area contributed by atoms with Crippen LogP contribution >= 0.6 is 0 Å². The number of halogens is 3. The number of rotatable bonds is 9. The van der Waals surface area contributed by atoms with Gasteiger partial charge in [-0.15, -0.1) is 0 Å². The van der Waals surface area contributed by atoms with E-state index in [0.717, 1.165) is 25.7 Å². The molecule has 0 bridgehead atoms. The number of hydrogen-bond acceptors (Lipinski definition) is 3. The zero-order chi connectivity index (χ0) is 17.3. The normalized spacial score (nSPS) is 12.9. The number of alkyl halides is 3. The van der Waals surface area contributed by atoms with Gasteiger partial charge in [-0.25, -0.2) is 4.79 Å². The van der Waals surface area contributed by atoms with E-state index in [4.69, 9.17) is 0 Å². The Morgan fingerprint density at radius 1 is 1.13 bits per heavy atom. The molecule has 1 rings (SSSR count). The van der Waals surface area contributed by atoms with Crippen molar-refractivity contribution in [3.05, 3.63) is 29.8 Å². The highest BCUT2D eigenvalue weighted by Gasteiger charge is 2.42. The Morgan fingerprint density at radius 2 is 1.74 bits per heavy atom. The minimum atomic E-state index is -4.61. The van der Waals surface area contributed by atoms with Gasteiger partial charge in [0.15, 0.2) is 6.10 Å². The summed E-state index contributed by atoms with van der Waals surface area (Å²) in [6.45, 7) is 2.07. The molecule has 0 aliphatic carbocycles. The zero-order valence-corrected chi connectivity index (χ0v) is 13.2. The molecule has 1 atom stereocenters. The summed E-state index contributed by atoms with van der Waals surface area (Å²) in [5, 5.41) is 9.51. The number of carbonyl (C=O) groups is 1. The van der Waals surface area contributed by atoms with Crippen molar-refractivity contribution in [2.75, 3.05) is 0 Å². The second kappa shape index (κ2) is 9.43. The van der Waals surface area contributed by atoms with Crippen molar-refractivity contribution >= 4 is 5.97 Å². The average Bonchev–Trinajstić information content (AvgIpc) is 2.48. The lowest BCUT2D eigenvalue weighted by atomic mass is 10.1. The van der Waals surface area contributed by atoms with Crippen LogP contribution in [0.25, 0.3) is 0 Å². The largest absolute Gasteiger partial charge is 0.507 e. The summed E-state index contributed by atoms with van der Waals surface area (Å²) in [5.41, 5.74) is -0.260. The van der Waals surface area contributed by atoms with Crippen molar-refractivity contribution in [2.45, 2.75) is 64.1 Å². The monoisotopic (exact) mass is 332 g/mol. The molecular formula is C17H23F3O3. The van der Waals surface area contributed by atoms with Gasteiger partial charge in [0.05, 0.1) is 0 Å². The van der Waals surface area contributed by atoms with Crippen molar-refractivity contribution in [2.24, 2.45) is 0 Å². The molecule has 6 heteroatoms. The third-order valence-electron chi connectivity index (χ3n) is 3.56. The minimum Gasteiger partial charge on any atom is -0.507 e. The van der Waals surface area contributed by atoms with Gasteiger partial charge in [0.1, 0.15) is 11.3 Å². The smallest absolute Gasteiger partial charge is 0.425 e. The lowest BCUT2D eigenvalue weighted by molar-refractivity contribution is -0.206. The van der Waals surface area contributed by atoms with Crippen molar-refractivity contribution in [3.63, 3.8) is 0 Å². The molecule has 1 unspecified atom stereocenters. The fourth-order valence-corrected chi connectivity index (χ4v) is 2.24. The van der Waals surface area contributed by atoms with Crippen LogP contribution in [0.3, 0.4) is 0 Å². The van der Waals surface area contributed by atoms with Gasteiger partial charge in [0.2, 0.25) is 0 Å². The standard InChI is InChI=1S/C17H23F3O3/c1-2-3-4-5-6-7-12-15(17(18,19)20)23-16(22)13-10-8-9-11-14(13)21/h8-11,15,21H,2-7,12H2,1H3. The van der Waals surface area contributed by atoms with Gasteiger partial charge in [-0.1, -0.05) is 51.2 Å². The summed E-state index contributed by atoms with van der Waals surface area (Å²) >= 11 is 0. The molecule has 0 aliphatic rings. The lowest BCUT2D eigenvalue weighted by Gasteiger charge is -2.21. The molecule has 0 amide bonds. The molecule has 0 saturated heterocycles. The second-order valence-electron chi connectivity index (χ2n) is 5.51. The van der Waals surface area contributed by atoms with Crippen molar-refractivity contribution < 1.29 is 27.8 Å². The number of carbonyl (C=O) groups excluding carboxylic acids is 1. The quantitative estimate of drug-likeness (QED) is 0.497. The number of phenols is 1. The first-order chi connectivity index (χ1) is 10.9. The molecule has 0 fully saturated rings. The predicted octanol–water partition coefficient (Wildman–Crippen LogP) is 5.23. The highest BCUT2D eigenvalue weighted by atomic mass is 19.4. The van der Waals surface area contributed by atoms with Crippen LogP contribution in [-0.2, 0) is 4.74 Å². The minimum absolute atomic E-state index is 0.255. The summed E-state index contributed by atoms with van der Waals surface area (Å²) in [4.78, 5) is 11.8. The van der Waals surface area contributed by atoms with E-state index in [1.165, 1.54) is 24.3 Å². The maximum absolute atomic E-state index is 13.0. The third-order valence-corrected chi connectivity index (χ3v) is 3.56. The van der Waals surface area contributed by atoms with Crippen molar-refractivity contribution in [3.8, 4) is 5.75 Å². The van der Waals surface area contributed by atoms with Crippen LogP contribution in [-0.4, -0.2) is 23.4 Å². The highest BCUT2D eigenvalue weighted by Crippen LogP contribution is 2.29. The van der Waals surface area contributed by atoms with Gasteiger partial charge >= 0.3 is 12.1 Å². The molecule has 1 aromatic rings. The Hall–Kier alpha value is -1.72. The van der Waals surface area contributed by atoms with E-state index >= 15 is 0 Å². The third kappa shape index (κ3) is 6.93. The van der Waals surface area contributed by atoms with Gasteiger partial charge in [-0.3, -0.25) is 0 Å². The van der Waals surface area contributed by atoms with E-state index in [1.54, 1.807) is 0 Å². The topological polar surface area (TPSA) is 46.5 Å². The van der Waals surface area contributed by atoms with E-state index in [-0.39, 0.29) is 12.0 Å². The maximum atomic E-state index is 13.0. The number of para-hydroxylation sites is 1. The number of unbranched alkanes of at least 4 members (excludes halogenated alkanes) is 5. The Balaban J connectivity index is 2.55. The molecule has 0 saturated carbocycles. The molecule has 0 radical (unpaired) electrons. The molecule has 3 nitrogen and oxygen atoms in total. The summed E-state index contributed by atoms with van der Waals surface area (Å²) in [5.74, 6) is -1.55. The first kappa shape index (κ1) is 19.3. The fraction of sp³-hybridized carbons (Fsp3) is 0.588. The van der Waals surface area contributed by atoms with Gasteiger partial charge in [-0.05, 0) is 25.0 Å². The number of benzene rings is 1. The van der Waals surface area contributed by atoms with Gasteiger partial charge in [0.25, 0.3) is 0 Å². The molecule has 0 spiro atoms. The number of phenolic OH excluding ortho intramolecular Hbond substituents is 1. The molecular weight excluding hydrogens is 309 g/mol. The van der Waals surface area contributed by atoms with Crippen LogP contribution in [0.5, 0.6) is 5.75 Å². The first-order valence-corrected chi connectivity index (χ1v) is 7.92. The molecule has 0 aromatic heterocycles. The number of esters is 1. The Morgan fingerprint density at radius 3 is 2.35 bits per heavy atom. The lowest BCUT2D eigenvalue weighted by Crippen LogP contribution is -2.33. The van der Waals surface area contributed by atoms with Crippen LogP contribution < -0.4 is 0 Å². The van der Waals surface area contributed by atoms with E-state index in [9.17, 15) is 23.1 Å². The summed E-state index contributed by atoms with van der Waals surface area (Å²) in [6, 6.07) is 5.39. The second-order valence-corrected chi connectivity index (χ2v) is 5.51. The number of ether oxygens (including phenoxy) is 1. The first-order valence-electron chi connectivity index (χ1n) is 7.92. The van der Waals surface area contributed by atoms with Gasteiger partial charge in [0, 0.05) is 0 Å². The highest BCUT2D eigenvalue weighted by molar-refractivity contribution is 5.92. The van der Waals surface area contributed by atoms with Crippen molar-refractivity contribution in [1.82, 2.24) is 0 Å². The van der Waals surface area contributed by atoms with Crippen LogP contribution in [0.2, 0.25) is 0 Å². The SMILES string of the molecule is CCCCCCCCC(OC(=O)c1ccccc1O)C(F)(F)F. The molecule has 1 N–H and O–H groups in total. The van der Waals surface area contributed by atoms with Gasteiger partial charge < -0.3 is 9.84 Å². The Bertz CT molecular complexity index is 486. The Kier molecular flexibility index (Phi) is 7.92. The summed E-state index contributed by atoms with van der Waals surface area (Å²) in [7, 11) is 0. The van der Waals surface area contributed by atoms with Crippen LogP contribution in [0, 0.1) is 0 Å². The predicted molar refractivity (Wildman–Crippen MR) is 81.4 cm³/mol. The Labute approximate surface area is 134 Å². The van der Waals surface area contributed by atoms with E-state index < -0.39 is 24.0 Å². The van der Waals surface area contributed by atoms with Gasteiger partial charge in [-0.2, -0.15) is 13.2 Å². The molecule has 23 heavy (non-hydrogen) atoms. The maximum Gasteiger partial charge on any atom is 0.425 e. The number of hydrogen-bond donors (Lipinski definition) is 1. The fourth-order valence-electron chi connectivity index (χ4n) is 2.24.